The molecule has 0 radical (unpaired) electrons. The van der Waals surface area contributed by atoms with Crippen molar-refractivity contribution in [3.63, 3.8) is 0 Å². The van der Waals surface area contributed by atoms with Crippen molar-refractivity contribution in [2.75, 3.05) is 0 Å². The SMILES string of the molecule is Cc1cc(C)c([Te](C)(Br)Br)cc1C. The summed E-state index contributed by atoms with van der Waals surface area (Å²) in [5.41, 5.74) is 4.17. The molecule has 0 spiro atoms. The van der Waals surface area contributed by atoms with Gasteiger partial charge in [0.25, 0.3) is 0 Å². The maximum absolute atomic E-state index is 3.80. The molecule has 0 bridgehead atoms. The van der Waals surface area contributed by atoms with Gasteiger partial charge in [-0.2, -0.15) is 0 Å². The van der Waals surface area contributed by atoms with Gasteiger partial charge in [0.05, 0.1) is 0 Å². The van der Waals surface area contributed by atoms with Crippen LogP contribution in [0.4, 0.5) is 0 Å². The van der Waals surface area contributed by atoms with Crippen LogP contribution in [-0.2, 0) is 0 Å². The van der Waals surface area contributed by atoms with Crippen molar-refractivity contribution in [3.05, 3.63) is 28.8 Å². The van der Waals surface area contributed by atoms with Gasteiger partial charge in [-0.15, -0.1) is 0 Å². The Morgan fingerprint density at radius 2 is 1.38 bits per heavy atom. The zero-order valence-corrected chi connectivity index (χ0v) is 13.8. The van der Waals surface area contributed by atoms with E-state index in [2.05, 4.69) is 63.4 Å². The number of hydrogen-bond acceptors (Lipinski definition) is 0. The van der Waals surface area contributed by atoms with Crippen LogP contribution in [0.2, 0.25) is 4.97 Å². The molecule has 3 heteroatoms. The van der Waals surface area contributed by atoms with Gasteiger partial charge in [-0.05, 0) is 0 Å². The van der Waals surface area contributed by atoms with Crippen LogP contribution in [0.15, 0.2) is 12.1 Å². The van der Waals surface area contributed by atoms with Crippen molar-refractivity contribution in [2.24, 2.45) is 0 Å². The van der Waals surface area contributed by atoms with Crippen LogP contribution in [0.25, 0.3) is 0 Å². The van der Waals surface area contributed by atoms with Crippen LogP contribution in [0.1, 0.15) is 16.7 Å². The average molecular weight is 422 g/mol. The van der Waals surface area contributed by atoms with Gasteiger partial charge >= 0.3 is 97.5 Å². The van der Waals surface area contributed by atoms with Crippen molar-refractivity contribution in [3.8, 4) is 0 Å². The first-order chi connectivity index (χ1) is 5.82. The first-order valence-corrected chi connectivity index (χ1v) is 18.0. The standard InChI is InChI=1S/C10H14Br2Te/c1-7-5-9(3)10(6-8(7)2)13(4,11)12/h5-6H,1-4H3. The Morgan fingerprint density at radius 3 is 1.85 bits per heavy atom. The molecule has 13 heavy (non-hydrogen) atoms. The summed E-state index contributed by atoms with van der Waals surface area (Å²) in [6, 6.07) is 4.59. The Kier molecular flexibility index (Phi) is 3.91. The van der Waals surface area contributed by atoms with E-state index >= 15 is 0 Å². The summed E-state index contributed by atoms with van der Waals surface area (Å²) >= 11 is 5.58. The van der Waals surface area contributed by atoms with Gasteiger partial charge in [0.1, 0.15) is 0 Å². The van der Waals surface area contributed by atoms with E-state index in [0.717, 1.165) is 0 Å². The molecule has 0 aliphatic heterocycles. The Balaban J connectivity index is 3.32. The van der Waals surface area contributed by atoms with Crippen molar-refractivity contribution in [1.82, 2.24) is 0 Å². The van der Waals surface area contributed by atoms with Gasteiger partial charge in [-0.25, -0.2) is 0 Å². The molecular formula is C10H14Br2Te. The fourth-order valence-electron chi connectivity index (χ4n) is 1.32. The Labute approximate surface area is 96.5 Å². The second-order valence-corrected chi connectivity index (χ2v) is 32.0. The third-order valence-corrected chi connectivity index (χ3v) is 10.3. The summed E-state index contributed by atoms with van der Waals surface area (Å²) in [6.07, 6.45) is 0. The molecule has 0 aliphatic carbocycles. The first-order valence-electron chi connectivity index (χ1n) is 4.08. The molecule has 0 fully saturated rings. The minimum atomic E-state index is -2.02. The fraction of sp³-hybridized carbons (Fsp3) is 0.400. The molecule has 0 saturated carbocycles. The predicted octanol–water partition coefficient (Wildman–Crippen LogP) is 3.68. The number of aryl methyl sites for hydroxylation is 3. The van der Waals surface area contributed by atoms with E-state index in [1.807, 2.05) is 0 Å². The summed E-state index contributed by atoms with van der Waals surface area (Å²) in [6.45, 7) is 6.53. The summed E-state index contributed by atoms with van der Waals surface area (Å²) < 4.78 is 1.49. The molecule has 0 saturated heterocycles. The van der Waals surface area contributed by atoms with E-state index in [0.29, 0.717) is 0 Å². The Morgan fingerprint density at radius 1 is 0.923 bits per heavy atom. The quantitative estimate of drug-likeness (QED) is 0.607. The first kappa shape index (κ1) is 12.0. The van der Waals surface area contributed by atoms with E-state index in [4.69, 9.17) is 0 Å². The molecule has 0 N–H and O–H groups in total. The number of benzene rings is 1. The van der Waals surface area contributed by atoms with Crippen LogP contribution < -0.4 is 3.61 Å². The van der Waals surface area contributed by atoms with Crippen LogP contribution in [0.3, 0.4) is 0 Å². The van der Waals surface area contributed by atoms with Crippen LogP contribution in [-0.4, -0.2) is 13.8 Å². The zero-order chi connectivity index (χ0) is 10.2. The Bertz CT molecular complexity index is 326. The van der Waals surface area contributed by atoms with Crippen LogP contribution >= 0.6 is 25.5 Å². The molecule has 0 aliphatic rings. The van der Waals surface area contributed by atoms with E-state index in [-0.39, 0.29) is 0 Å². The normalized spacial score (nSPS) is 13.1. The predicted molar refractivity (Wildman–Crippen MR) is 69.8 cm³/mol. The van der Waals surface area contributed by atoms with Gasteiger partial charge in [-0.1, -0.05) is 0 Å². The summed E-state index contributed by atoms with van der Waals surface area (Å²) in [7, 11) is 0. The second kappa shape index (κ2) is 4.23. The third kappa shape index (κ3) is 2.96. The zero-order valence-electron chi connectivity index (χ0n) is 8.32. The maximum atomic E-state index is 3.80. The van der Waals surface area contributed by atoms with Gasteiger partial charge in [0, 0.05) is 0 Å². The summed E-state index contributed by atoms with van der Waals surface area (Å²) in [4.78, 5) is 2.29. The number of hydrogen-bond donors (Lipinski definition) is 0. The topological polar surface area (TPSA) is 0 Å². The molecule has 0 amide bonds. The van der Waals surface area contributed by atoms with Crippen molar-refractivity contribution in [1.29, 1.82) is 0 Å². The molecule has 0 heterocycles. The van der Waals surface area contributed by atoms with E-state index < -0.39 is 13.8 Å². The molecule has 0 atom stereocenters. The molecule has 0 nitrogen and oxygen atoms in total. The molecule has 74 valence electrons. The van der Waals surface area contributed by atoms with E-state index in [9.17, 15) is 0 Å². The molecule has 1 aromatic carbocycles. The average Bonchev–Trinajstić information content (AvgIpc) is 1.94. The molecule has 1 rings (SSSR count). The number of rotatable bonds is 1. The minimum absolute atomic E-state index is 1.38. The fourth-order valence-corrected chi connectivity index (χ4v) is 8.88. The monoisotopic (exact) mass is 422 g/mol. The van der Waals surface area contributed by atoms with Gasteiger partial charge < -0.3 is 0 Å². The number of halogens is 2. The van der Waals surface area contributed by atoms with Crippen molar-refractivity contribution < 1.29 is 0 Å². The van der Waals surface area contributed by atoms with Crippen molar-refractivity contribution in [2.45, 2.75) is 25.7 Å². The second-order valence-electron chi connectivity index (χ2n) is 3.43. The van der Waals surface area contributed by atoms with E-state index in [1.165, 1.54) is 20.3 Å². The third-order valence-electron chi connectivity index (χ3n) is 2.18. The van der Waals surface area contributed by atoms with E-state index in [1.54, 1.807) is 0 Å². The Hall–Kier alpha value is 0.970. The summed E-state index contributed by atoms with van der Waals surface area (Å²) in [5, 5.41) is 0. The van der Waals surface area contributed by atoms with Gasteiger partial charge in [-0.3, -0.25) is 0 Å². The van der Waals surface area contributed by atoms with Gasteiger partial charge in [0.2, 0.25) is 0 Å². The van der Waals surface area contributed by atoms with Crippen LogP contribution in [0.5, 0.6) is 0 Å². The van der Waals surface area contributed by atoms with Crippen molar-refractivity contribution >= 4 is 42.9 Å². The molecule has 0 unspecified atom stereocenters. The van der Waals surface area contributed by atoms with Gasteiger partial charge in [0.15, 0.2) is 0 Å². The van der Waals surface area contributed by atoms with Crippen LogP contribution in [0, 0.1) is 20.8 Å². The molecule has 1 aromatic rings. The molecule has 0 aromatic heterocycles. The summed E-state index contributed by atoms with van der Waals surface area (Å²) in [5.74, 6) is 0. The molecular weight excluding hydrogens is 408 g/mol.